The van der Waals surface area contributed by atoms with Gasteiger partial charge in [-0.15, -0.1) is 0 Å². The maximum absolute atomic E-state index is 12.5. The number of hydrogen-bond donors (Lipinski definition) is 1. The first kappa shape index (κ1) is 16.2. The van der Waals surface area contributed by atoms with Crippen molar-refractivity contribution in [1.29, 1.82) is 0 Å². The van der Waals surface area contributed by atoms with E-state index in [1.165, 1.54) is 0 Å². The largest absolute Gasteiger partial charge is 0.352 e. The van der Waals surface area contributed by atoms with Crippen LogP contribution in [0.2, 0.25) is 0 Å². The molecule has 2 heterocycles. The molecule has 124 valence electrons. The quantitative estimate of drug-likeness (QED) is 0.731. The van der Waals surface area contributed by atoms with Gasteiger partial charge in [0.1, 0.15) is 11.3 Å². The summed E-state index contributed by atoms with van der Waals surface area (Å²) in [6.07, 6.45) is 3.81. The van der Waals surface area contributed by atoms with Crippen LogP contribution in [0.3, 0.4) is 0 Å². The van der Waals surface area contributed by atoms with E-state index in [4.69, 9.17) is 0 Å². The SMILES string of the molecule is CCCCNC(=O)c1cccc(-n2c(C)nc3cccnc32)c1C. The summed E-state index contributed by atoms with van der Waals surface area (Å²) in [7, 11) is 0. The average molecular weight is 322 g/mol. The number of nitrogens with one attached hydrogen (secondary N) is 1. The molecular formula is C19H22N4O. The number of unbranched alkanes of at least 4 members (excludes halogenated alkanes) is 1. The molecule has 1 amide bonds. The first-order valence-corrected chi connectivity index (χ1v) is 8.31. The Morgan fingerprint density at radius 3 is 2.83 bits per heavy atom. The Labute approximate surface area is 141 Å². The number of nitrogens with zero attached hydrogens (tertiary/aromatic N) is 3. The van der Waals surface area contributed by atoms with Crippen molar-refractivity contribution >= 4 is 17.1 Å². The van der Waals surface area contributed by atoms with Crippen LogP contribution in [-0.2, 0) is 0 Å². The van der Waals surface area contributed by atoms with Crippen molar-refractivity contribution in [3.63, 3.8) is 0 Å². The van der Waals surface area contributed by atoms with E-state index >= 15 is 0 Å². The number of fused-ring (bicyclic) bond motifs is 1. The molecule has 24 heavy (non-hydrogen) atoms. The van der Waals surface area contributed by atoms with Crippen LogP contribution in [0.4, 0.5) is 0 Å². The second-order valence-corrected chi connectivity index (χ2v) is 5.90. The van der Waals surface area contributed by atoms with E-state index in [0.717, 1.165) is 41.1 Å². The maximum Gasteiger partial charge on any atom is 0.251 e. The normalized spacial score (nSPS) is 11.0. The van der Waals surface area contributed by atoms with Crippen LogP contribution < -0.4 is 5.32 Å². The Hall–Kier alpha value is -2.69. The molecule has 5 heteroatoms. The fraction of sp³-hybridized carbons (Fsp3) is 0.316. The molecule has 0 atom stereocenters. The van der Waals surface area contributed by atoms with Crippen LogP contribution in [0.25, 0.3) is 16.9 Å². The number of benzene rings is 1. The number of carbonyl (C=O) groups is 1. The van der Waals surface area contributed by atoms with Gasteiger partial charge >= 0.3 is 0 Å². The molecule has 3 rings (SSSR count). The monoisotopic (exact) mass is 322 g/mol. The predicted octanol–water partition coefficient (Wildman–Crippen LogP) is 3.57. The van der Waals surface area contributed by atoms with Gasteiger partial charge in [0.05, 0.1) is 5.69 Å². The molecule has 0 unspecified atom stereocenters. The minimum Gasteiger partial charge on any atom is -0.352 e. The smallest absolute Gasteiger partial charge is 0.251 e. The first-order valence-electron chi connectivity index (χ1n) is 8.31. The van der Waals surface area contributed by atoms with Gasteiger partial charge in [-0.1, -0.05) is 19.4 Å². The van der Waals surface area contributed by atoms with Gasteiger partial charge in [-0.2, -0.15) is 0 Å². The molecule has 0 saturated heterocycles. The number of rotatable bonds is 5. The number of aromatic nitrogens is 3. The fourth-order valence-corrected chi connectivity index (χ4v) is 2.90. The highest BCUT2D eigenvalue weighted by Gasteiger charge is 2.16. The summed E-state index contributed by atoms with van der Waals surface area (Å²) >= 11 is 0. The van der Waals surface area contributed by atoms with E-state index in [2.05, 4.69) is 22.2 Å². The van der Waals surface area contributed by atoms with Gasteiger partial charge in [-0.05, 0) is 50.1 Å². The lowest BCUT2D eigenvalue weighted by atomic mass is 10.1. The van der Waals surface area contributed by atoms with E-state index in [1.54, 1.807) is 6.20 Å². The number of pyridine rings is 1. The highest BCUT2D eigenvalue weighted by atomic mass is 16.1. The lowest BCUT2D eigenvalue weighted by molar-refractivity contribution is 0.0952. The highest BCUT2D eigenvalue weighted by Crippen LogP contribution is 2.24. The molecule has 3 aromatic rings. The third kappa shape index (κ3) is 2.89. The van der Waals surface area contributed by atoms with Gasteiger partial charge in [0.2, 0.25) is 0 Å². The number of hydrogen-bond acceptors (Lipinski definition) is 3. The molecule has 1 N–H and O–H groups in total. The van der Waals surface area contributed by atoms with Gasteiger partial charge in [-0.25, -0.2) is 9.97 Å². The molecule has 0 fully saturated rings. The summed E-state index contributed by atoms with van der Waals surface area (Å²) in [5, 5.41) is 2.99. The van der Waals surface area contributed by atoms with Crippen molar-refractivity contribution in [1.82, 2.24) is 19.9 Å². The summed E-state index contributed by atoms with van der Waals surface area (Å²) in [5.74, 6) is 0.827. The van der Waals surface area contributed by atoms with Crippen LogP contribution in [0, 0.1) is 13.8 Å². The Morgan fingerprint density at radius 1 is 1.21 bits per heavy atom. The van der Waals surface area contributed by atoms with Crippen molar-refractivity contribution in [2.45, 2.75) is 33.6 Å². The average Bonchev–Trinajstić information content (AvgIpc) is 2.91. The molecule has 0 aliphatic heterocycles. The summed E-state index contributed by atoms with van der Waals surface area (Å²) in [5.41, 5.74) is 4.23. The van der Waals surface area contributed by atoms with Crippen molar-refractivity contribution in [3.05, 3.63) is 53.5 Å². The Kier molecular flexibility index (Phi) is 4.60. The Morgan fingerprint density at radius 2 is 2.04 bits per heavy atom. The van der Waals surface area contributed by atoms with Crippen LogP contribution in [0.1, 0.15) is 41.5 Å². The number of aryl methyl sites for hydroxylation is 1. The van der Waals surface area contributed by atoms with E-state index in [1.807, 2.05) is 48.7 Å². The molecule has 0 spiro atoms. The van der Waals surface area contributed by atoms with E-state index in [-0.39, 0.29) is 5.91 Å². The fourth-order valence-electron chi connectivity index (χ4n) is 2.90. The van der Waals surface area contributed by atoms with Crippen molar-refractivity contribution in [2.24, 2.45) is 0 Å². The molecular weight excluding hydrogens is 300 g/mol. The molecule has 5 nitrogen and oxygen atoms in total. The molecule has 0 saturated carbocycles. The zero-order valence-electron chi connectivity index (χ0n) is 14.3. The predicted molar refractivity (Wildman–Crippen MR) is 95.6 cm³/mol. The van der Waals surface area contributed by atoms with Gasteiger partial charge in [0, 0.05) is 18.3 Å². The molecule has 0 aliphatic carbocycles. The highest BCUT2D eigenvalue weighted by molar-refractivity contribution is 5.96. The lowest BCUT2D eigenvalue weighted by Gasteiger charge is -2.14. The standard InChI is InChI=1S/C19H22N4O/c1-4-5-11-21-19(24)15-8-6-10-17(13(15)2)23-14(3)22-16-9-7-12-20-18(16)23/h6-10,12H,4-5,11H2,1-3H3,(H,21,24). The molecule has 2 aromatic heterocycles. The minimum atomic E-state index is -0.0298. The van der Waals surface area contributed by atoms with Crippen LogP contribution in [0.15, 0.2) is 36.5 Å². The van der Waals surface area contributed by atoms with Crippen LogP contribution >= 0.6 is 0 Å². The topological polar surface area (TPSA) is 59.8 Å². The lowest BCUT2D eigenvalue weighted by Crippen LogP contribution is -2.25. The van der Waals surface area contributed by atoms with Gasteiger partial charge in [0.25, 0.3) is 5.91 Å². The molecule has 0 bridgehead atoms. The Bertz CT molecular complexity index is 882. The maximum atomic E-state index is 12.5. The first-order chi connectivity index (χ1) is 11.6. The van der Waals surface area contributed by atoms with Crippen molar-refractivity contribution in [2.75, 3.05) is 6.54 Å². The summed E-state index contributed by atoms with van der Waals surface area (Å²) < 4.78 is 2.01. The second-order valence-electron chi connectivity index (χ2n) is 5.90. The van der Waals surface area contributed by atoms with Gasteiger partial charge in [0.15, 0.2) is 5.65 Å². The molecule has 0 radical (unpaired) electrons. The zero-order chi connectivity index (χ0) is 17.1. The van der Waals surface area contributed by atoms with Crippen molar-refractivity contribution in [3.8, 4) is 5.69 Å². The van der Waals surface area contributed by atoms with Crippen LogP contribution in [0.5, 0.6) is 0 Å². The van der Waals surface area contributed by atoms with Gasteiger partial charge < -0.3 is 5.32 Å². The van der Waals surface area contributed by atoms with E-state index < -0.39 is 0 Å². The van der Waals surface area contributed by atoms with E-state index in [9.17, 15) is 4.79 Å². The van der Waals surface area contributed by atoms with Gasteiger partial charge in [-0.3, -0.25) is 9.36 Å². The molecule has 0 aliphatic rings. The zero-order valence-corrected chi connectivity index (χ0v) is 14.3. The third-order valence-electron chi connectivity index (χ3n) is 4.19. The number of carbonyl (C=O) groups excluding carboxylic acids is 1. The summed E-state index contributed by atoms with van der Waals surface area (Å²) in [6.45, 7) is 6.74. The van der Waals surface area contributed by atoms with E-state index in [0.29, 0.717) is 12.1 Å². The van der Waals surface area contributed by atoms with Crippen molar-refractivity contribution < 1.29 is 4.79 Å². The Balaban J connectivity index is 2.04. The molecule has 1 aromatic carbocycles. The summed E-state index contributed by atoms with van der Waals surface area (Å²) in [6, 6.07) is 9.60. The van der Waals surface area contributed by atoms with Crippen LogP contribution in [-0.4, -0.2) is 27.0 Å². The minimum absolute atomic E-state index is 0.0298. The third-order valence-corrected chi connectivity index (χ3v) is 4.19. The second kappa shape index (κ2) is 6.83. The number of imidazole rings is 1. The summed E-state index contributed by atoms with van der Waals surface area (Å²) in [4.78, 5) is 21.5. The number of amides is 1.